The molecule has 0 heterocycles. The second-order valence-corrected chi connectivity index (χ2v) is 4.11. The Morgan fingerprint density at radius 3 is 2.81 bits per heavy atom. The number of hydrogen-bond acceptors (Lipinski definition) is 3. The summed E-state index contributed by atoms with van der Waals surface area (Å²) in [6, 6.07) is 7.20. The predicted molar refractivity (Wildman–Crippen MR) is 60.0 cm³/mol. The molecule has 1 atom stereocenters. The van der Waals surface area contributed by atoms with Crippen LogP contribution in [-0.4, -0.2) is 11.1 Å². The maximum absolute atomic E-state index is 10.2. The van der Waals surface area contributed by atoms with Crippen LogP contribution in [-0.2, 0) is 4.79 Å². The molecule has 0 aliphatic carbocycles. The van der Waals surface area contributed by atoms with E-state index in [2.05, 4.69) is 6.92 Å². The molecular formula is C13H17O3-. The van der Waals surface area contributed by atoms with Gasteiger partial charge >= 0.3 is 0 Å². The van der Waals surface area contributed by atoms with E-state index >= 15 is 0 Å². The molecule has 16 heavy (non-hydrogen) atoms. The third kappa shape index (κ3) is 4.34. The molecule has 0 spiro atoms. The van der Waals surface area contributed by atoms with Gasteiger partial charge in [-0.25, -0.2) is 0 Å². The second kappa shape index (κ2) is 6.16. The van der Waals surface area contributed by atoms with Crippen LogP contribution in [0.15, 0.2) is 24.3 Å². The number of carbonyl (C=O) groups excluding carboxylic acids is 1. The van der Waals surface area contributed by atoms with Gasteiger partial charge in [-0.05, 0) is 42.9 Å². The Hall–Kier alpha value is -1.51. The van der Waals surface area contributed by atoms with Crippen LogP contribution in [0.3, 0.4) is 0 Å². The van der Waals surface area contributed by atoms with Crippen molar-refractivity contribution in [3.8, 4) is 5.75 Å². The van der Waals surface area contributed by atoms with Crippen LogP contribution in [0.5, 0.6) is 5.75 Å². The van der Waals surface area contributed by atoms with Gasteiger partial charge in [0, 0.05) is 5.97 Å². The number of carboxylic acid groups (broad SMARTS) is 1. The number of benzene rings is 1. The normalized spacial score (nSPS) is 12.3. The van der Waals surface area contributed by atoms with E-state index in [0.717, 1.165) is 18.4 Å². The largest absolute Gasteiger partial charge is 0.550 e. The summed E-state index contributed by atoms with van der Waals surface area (Å²) in [4.78, 5) is 10.2. The fourth-order valence-corrected chi connectivity index (χ4v) is 1.72. The molecule has 0 aromatic heterocycles. The molecule has 0 radical (unpaired) electrons. The molecule has 1 aromatic carbocycles. The first-order chi connectivity index (χ1) is 7.59. The fourth-order valence-electron chi connectivity index (χ4n) is 1.72. The summed E-state index contributed by atoms with van der Waals surface area (Å²) in [7, 11) is 0. The van der Waals surface area contributed by atoms with Crippen LogP contribution in [0, 0.1) is 0 Å². The average molecular weight is 221 g/mol. The molecule has 0 aliphatic heterocycles. The Kier molecular flexibility index (Phi) is 4.83. The summed E-state index contributed by atoms with van der Waals surface area (Å²) in [5.41, 5.74) is 1.09. The van der Waals surface area contributed by atoms with Gasteiger partial charge < -0.3 is 15.0 Å². The zero-order valence-electron chi connectivity index (χ0n) is 9.48. The maximum atomic E-state index is 10.2. The molecule has 1 rings (SSSR count). The minimum atomic E-state index is -0.981. The number of carboxylic acids is 1. The smallest absolute Gasteiger partial charge is 0.115 e. The molecule has 3 nitrogen and oxygen atoms in total. The Morgan fingerprint density at radius 2 is 2.19 bits per heavy atom. The van der Waals surface area contributed by atoms with Gasteiger partial charge in [-0.2, -0.15) is 0 Å². The predicted octanol–water partition coefficient (Wildman–Crippen LogP) is 1.81. The van der Waals surface area contributed by atoms with Crippen molar-refractivity contribution in [2.75, 3.05) is 0 Å². The summed E-state index contributed by atoms with van der Waals surface area (Å²) < 4.78 is 0. The van der Waals surface area contributed by atoms with Crippen molar-refractivity contribution in [1.29, 1.82) is 0 Å². The molecule has 3 heteroatoms. The van der Waals surface area contributed by atoms with Crippen LogP contribution in [0.25, 0.3) is 0 Å². The zero-order valence-corrected chi connectivity index (χ0v) is 9.48. The maximum Gasteiger partial charge on any atom is 0.115 e. The molecule has 1 N–H and O–H groups in total. The summed E-state index contributed by atoms with van der Waals surface area (Å²) in [5.74, 6) is -0.363. The van der Waals surface area contributed by atoms with Crippen molar-refractivity contribution in [2.45, 2.75) is 38.5 Å². The summed E-state index contributed by atoms with van der Waals surface area (Å²) >= 11 is 0. The Balaban J connectivity index is 2.35. The monoisotopic (exact) mass is 221 g/mol. The van der Waals surface area contributed by atoms with E-state index in [-0.39, 0.29) is 12.2 Å². The Morgan fingerprint density at radius 1 is 1.44 bits per heavy atom. The zero-order chi connectivity index (χ0) is 12.0. The van der Waals surface area contributed by atoms with E-state index in [9.17, 15) is 15.0 Å². The van der Waals surface area contributed by atoms with Crippen LogP contribution in [0.2, 0.25) is 0 Å². The van der Waals surface area contributed by atoms with Crippen molar-refractivity contribution in [3.05, 3.63) is 29.8 Å². The first-order valence-electron chi connectivity index (χ1n) is 5.58. The number of rotatable bonds is 6. The third-order valence-electron chi connectivity index (χ3n) is 2.71. The van der Waals surface area contributed by atoms with Crippen molar-refractivity contribution in [2.24, 2.45) is 0 Å². The van der Waals surface area contributed by atoms with Crippen LogP contribution in [0.1, 0.15) is 44.1 Å². The Labute approximate surface area is 95.7 Å². The van der Waals surface area contributed by atoms with E-state index in [1.807, 2.05) is 12.1 Å². The summed E-state index contributed by atoms with van der Waals surface area (Å²) in [5, 5.41) is 19.5. The molecule has 0 bridgehead atoms. The van der Waals surface area contributed by atoms with Gasteiger partial charge in [-0.3, -0.25) is 0 Å². The lowest BCUT2D eigenvalue weighted by atomic mass is 9.95. The minimum Gasteiger partial charge on any atom is -0.550 e. The number of unbranched alkanes of at least 4 members (excludes halogenated alkanes) is 1. The minimum absolute atomic E-state index is 0.132. The molecular weight excluding hydrogens is 204 g/mol. The Bertz CT molecular complexity index is 347. The average Bonchev–Trinajstić information content (AvgIpc) is 2.24. The highest BCUT2D eigenvalue weighted by atomic mass is 16.4. The number of aliphatic carboxylic acids is 1. The van der Waals surface area contributed by atoms with Crippen LogP contribution >= 0.6 is 0 Å². The lowest BCUT2D eigenvalue weighted by molar-refractivity contribution is -0.305. The van der Waals surface area contributed by atoms with E-state index in [0.29, 0.717) is 12.3 Å². The van der Waals surface area contributed by atoms with Gasteiger partial charge in [0.1, 0.15) is 5.75 Å². The summed E-state index contributed by atoms with van der Waals surface area (Å²) in [6.07, 6.45) is 2.58. The summed E-state index contributed by atoms with van der Waals surface area (Å²) in [6.45, 7) is 2.08. The number of hydrogen-bond donors (Lipinski definition) is 1. The molecule has 1 aromatic rings. The van der Waals surface area contributed by atoms with Crippen molar-refractivity contribution in [1.82, 2.24) is 0 Å². The van der Waals surface area contributed by atoms with Gasteiger partial charge in [0.05, 0.1) is 0 Å². The molecule has 88 valence electrons. The van der Waals surface area contributed by atoms with E-state index < -0.39 is 5.97 Å². The van der Waals surface area contributed by atoms with Crippen molar-refractivity contribution in [3.63, 3.8) is 0 Å². The van der Waals surface area contributed by atoms with Crippen LogP contribution < -0.4 is 5.11 Å². The topological polar surface area (TPSA) is 60.4 Å². The second-order valence-electron chi connectivity index (χ2n) is 4.11. The highest BCUT2D eigenvalue weighted by molar-refractivity contribution is 5.64. The van der Waals surface area contributed by atoms with E-state index in [1.54, 1.807) is 12.1 Å². The first kappa shape index (κ1) is 12.6. The molecule has 1 unspecified atom stereocenters. The number of aromatic hydroxyl groups is 1. The first-order valence-corrected chi connectivity index (χ1v) is 5.58. The van der Waals surface area contributed by atoms with E-state index in [1.165, 1.54) is 0 Å². The fraction of sp³-hybridized carbons (Fsp3) is 0.462. The standard InChI is InChI=1S/C13H18O3/c1-10(5-2-3-8-13(15)16)11-6-4-7-12(14)9-11/h4,6-7,9-10,14H,2-3,5,8H2,1H3,(H,15,16)/p-1. The highest BCUT2D eigenvalue weighted by Gasteiger charge is 2.05. The van der Waals surface area contributed by atoms with Gasteiger partial charge in [-0.1, -0.05) is 25.5 Å². The molecule has 0 fully saturated rings. The molecule has 0 amide bonds. The number of phenols is 1. The lowest BCUT2D eigenvalue weighted by Gasteiger charge is -2.12. The number of carbonyl (C=O) groups is 1. The van der Waals surface area contributed by atoms with Crippen LogP contribution in [0.4, 0.5) is 0 Å². The van der Waals surface area contributed by atoms with Gasteiger partial charge in [0.2, 0.25) is 0 Å². The van der Waals surface area contributed by atoms with Crippen molar-refractivity contribution >= 4 is 5.97 Å². The van der Waals surface area contributed by atoms with Gasteiger partial charge in [0.25, 0.3) is 0 Å². The van der Waals surface area contributed by atoms with Gasteiger partial charge in [0.15, 0.2) is 0 Å². The quantitative estimate of drug-likeness (QED) is 0.745. The molecule has 0 saturated carbocycles. The molecule has 0 aliphatic rings. The van der Waals surface area contributed by atoms with Gasteiger partial charge in [-0.15, -0.1) is 0 Å². The SMILES string of the molecule is CC(CCCCC(=O)[O-])c1cccc(O)c1. The highest BCUT2D eigenvalue weighted by Crippen LogP contribution is 2.24. The third-order valence-corrected chi connectivity index (χ3v) is 2.71. The number of phenolic OH excluding ortho intramolecular Hbond substituents is 1. The molecule has 0 saturated heterocycles. The van der Waals surface area contributed by atoms with E-state index in [4.69, 9.17) is 0 Å². The van der Waals surface area contributed by atoms with Crippen molar-refractivity contribution < 1.29 is 15.0 Å². The lowest BCUT2D eigenvalue weighted by Crippen LogP contribution is -2.21.